The van der Waals surface area contributed by atoms with E-state index in [4.69, 9.17) is 27.6 Å². The summed E-state index contributed by atoms with van der Waals surface area (Å²) in [5, 5.41) is 9.77. The fraction of sp³-hybridized carbons (Fsp3) is 0.188. The average Bonchev–Trinajstić information content (AvgIpc) is 3.23. The van der Waals surface area contributed by atoms with Crippen LogP contribution in [0.15, 0.2) is 46.2 Å². The van der Waals surface area contributed by atoms with Gasteiger partial charge in [-0.1, -0.05) is 35.0 Å². The molecule has 0 aliphatic rings. The van der Waals surface area contributed by atoms with Gasteiger partial charge in [0.05, 0.1) is 22.1 Å². The molecule has 3 aromatic rings. The Balaban J connectivity index is 1.75. The van der Waals surface area contributed by atoms with Gasteiger partial charge in [0, 0.05) is 12.1 Å². The zero-order valence-electron chi connectivity index (χ0n) is 12.7. The lowest BCUT2D eigenvalue weighted by atomic mass is 10.1. The average molecular weight is 382 g/mol. The Morgan fingerprint density at radius 1 is 1.25 bits per heavy atom. The predicted octanol–water partition coefficient (Wildman–Crippen LogP) is 4.84. The van der Waals surface area contributed by atoms with Gasteiger partial charge in [-0.2, -0.15) is 0 Å². The van der Waals surface area contributed by atoms with Crippen molar-refractivity contribution in [2.75, 3.05) is 5.75 Å². The van der Waals surface area contributed by atoms with Crippen molar-refractivity contribution >= 4 is 40.7 Å². The van der Waals surface area contributed by atoms with E-state index in [1.165, 1.54) is 11.8 Å². The number of rotatable bonds is 6. The highest BCUT2D eigenvalue weighted by Gasteiger charge is 2.17. The molecule has 8 heteroatoms. The van der Waals surface area contributed by atoms with Crippen LogP contribution in [-0.2, 0) is 6.54 Å². The van der Waals surface area contributed by atoms with Crippen molar-refractivity contribution in [3.8, 4) is 11.6 Å². The lowest BCUT2D eigenvalue weighted by molar-refractivity contribution is 0.102. The second-order valence-corrected chi connectivity index (χ2v) is 6.63. The molecular weight excluding hydrogens is 369 g/mol. The van der Waals surface area contributed by atoms with E-state index < -0.39 is 0 Å². The van der Waals surface area contributed by atoms with Crippen molar-refractivity contribution in [2.45, 2.75) is 18.6 Å². The van der Waals surface area contributed by atoms with Crippen LogP contribution in [0.2, 0.25) is 10.0 Å². The quantitative estimate of drug-likeness (QED) is 0.451. The number of hydrogen-bond acceptors (Lipinski definition) is 5. The van der Waals surface area contributed by atoms with Crippen LogP contribution >= 0.6 is 35.0 Å². The van der Waals surface area contributed by atoms with Crippen molar-refractivity contribution < 1.29 is 9.21 Å². The standard InChI is InChI=1S/C16H13Cl2N3O2S/c1-2-21-15(14-4-3-7-23-14)19-20-16(21)24-9-13(22)10-5-6-11(17)12(18)8-10/h3-8H,2,9H2,1H3. The maximum atomic E-state index is 12.3. The molecule has 0 fully saturated rings. The Hall–Kier alpha value is -1.76. The van der Waals surface area contributed by atoms with Gasteiger partial charge in [0.2, 0.25) is 0 Å². The highest BCUT2D eigenvalue weighted by atomic mass is 35.5. The molecule has 0 saturated carbocycles. The monoisotopic (exact) mass is 381 g/mol. The molecule has 2 heterocycles. The minimum Gasteiger partial charge on any atom is -0.461 e. The fourth-order valence-corrected chi connectivity index (χ4v) is 3.35. The van der Waals surface area contributed by atoms with Gasteiger partial charge >= 0.3 is 0 Å². The molecule has 0 atom stereocenters. The third kappa shape index (κ3) is 3.50. The highest BCUT2D eigenvalue weighted by molar-refractivity contribution is 7.99. The lowest BCUT2D eigenvalue weighted by Crippen LogP contribution is -2.05. The van der Waals surface area contributed by atoms with E-state index >= 15 is 0 Å². The van der Waals surface area contributed by atoms with Crippen molar-refractivity contribution in [1.29, 1.82) is 0 Å². The van der Waals surface area contributed by atoms with Crippen LogP contribution in [0, 0.1) is 0 Å². The van der Waals surface area contributed by atoms with Crippen LogP contribution in [0.4, 0.5) is 0 Å². The van der Waals surface area contributed by atoms with Gasteiger partial charge in [-0.3, -0.25) is 9.36 Å². The molecule has 24 heavy (non-hydrogen) atoms. The Kier molecular flexibility index (Phi) is 5.28. The number of thioether (sulfide) groups is 1. The van der Waals surface area contributed by atoms with E-state index in [0.29, 0.717) is 38.9 Å². The minimum absolute atomic E-state index is 0.0521. The molecule has 5 nitrogen and oxygen atoms in total. The summed E-state index contributed by atoms with van der Waals surface area (Å²) in [6, 6.07) is 8.48. The third-order valence-electron chi connectivity index (χ3n) is 3.35. The Bertz CT molecular complexity index is 862. The summed E-state index contributed by atoms with van der Waals surface area (Å²) in [6.07, 6.45) is 1.59. The molecule has 0 N–H and O–H groups in total. The first-order chi connectivity index (χ1) is 11.6. The van der Waals surface area contributed by atoms with E-state index in [9.17, 15) is 4.79 Å². The summed E-state index contributed by atoms with van der Waals surface area (Å²) < 4.78 is 7.28. The molecule has 3 rings (SSSR count). The Morgan fingerprint density at radius 2 is 2.08 bits per heavy atom. The summed E-state index contributed by atoms with van der Waals surface area (Å²) in [5.74, 6) is 1.47. The van der Waals surface area contributed by atoms with Crippen LogP contribution in [0.3, 0.4) is 0 Å². The number of furan rings is 1. The predicted molar refractivity (Wildman–Crippen MR) is 94.9 cm³/mol. The third-order valence-corrected chi connectivity index (χ3v) is 5.05. The van der Waals surface area contributed by atoms with Crippen molar-refractivity contribution in [3.63, 3.8) is 0 Å². The molecule has 124 valence electrons. The van der Waals surface area contributed by atoms with E-state index in [2.05, 4.69) is 10.2 Å². The minimum atomic E-state index is -0.0521. The van der Waals surface area contributed by atoms with E-state index in [0.717, 1.165) is 0 Å². The number of hydrogen-bond donors (Lipinski definition) is 0. The molecule has 0 bridgehead atoms. The number of carbonyl (C=O) groups is 1. The van der Waals surface area contributed by atoms with Gasteiger partial charge in [0.15, 0.2) is 22.5 Å². The summed E-state index contributed by atoms with van der Waals surface area (Å²) >= 11 is 13.2. The summed E-state index contributed by atoms with van der Waals surface area (Å²) in [6.45, 7) is 2.66. The molecule has 0 saturated heterocycles. The van der Waals surface area contributed by atoms with Crippen molar-refractivity contribution in [1.82, 2.24) is 14.8 Å². The van der Waals surface area contributed by atoms with Gasteiger partial charge < -0.3 is 4.42 Å². The Morgan fingerprint density at radius 3 is 2.75 bits per heavy atom. The molecule has 2 aromatic heterocycles. The van der Waals surface area contributed by atoms with Gasteiger partial charge in [0.25, 0.3) is 0 Å². The van der Waals surface area contributed by atoms with E-state index in [1.54, 1.807) is 30.5 Å². The normalized spacial score (nSPS) is 11.0. The molecule has 0 aliphatic carbocycles. The molecule has 0 unspecified atom stereocenters. The summed E-state index contributed by atoms with van der Waals surface area (Å²) in [7, 11) is 0. The highest BCUT2D eigenvalue weighted by Crippen LogP contribution is 2.26. The largest absolute Gasteiger partial charge is 0.461 e. The van der Waals surface area contributed by atoms with Crippen LogP contribution in [0.25, 0.3) is 11.6 Å². The molecule has 1 aromatic carbocycles. The van der Waals surface area contributed by atoms with Crippen molar-refractivity contribution in [2.24, 2.45) is 0 Å². The van der Waals surface area contributed by atoms with Crippen LogP contribution in [0.1, 0.15) is 17.3 Å². The second kappa shape index (κ2) is 7.42. The van der Waals surface area contributed by atoms with Gasteiger partial charge in [0.1, 0.15) is 0 Å². The van der Waals surface area contributed by atoms with Crippen LogP contribution in [0.5, 0.6) is 0 Å². The first-order valence-electron chi connectivity index (χ1n) is 7.18. The second-order valence-electron chi connectivity index (χ2n) is 4.87. The lowest BCUT2D eigenvalue weighted by Gasteiger charge is -2.06. The maximum absolute atomic E-state index is 12.3. The number of Topliss-reactive ketones (excluding diaryl/α,β-unsaturated/α-hetero) is 1. The van der Waals surface area contributed by atoms with Crippen LogP contribution in [-0.4, -0.2) is 26.3 Å². The number of nitrogens with zero attached hydrogens (tertiary/aromatic N) is 3. The zero-order chi connectivity index (χ0) is 17.1. The van der Waals surface area contributed by atoms with Gasteiger partial charge in [-0.05, 0) is 37.3 Å². The topological polar surface area (TPSA) is 60.9 Å². The number of carbonyl (C=O) groups excluding carboxylic acids is 1. The number of halogens is 2. The van der Waals surface area contributed by atoms with Gasteiger partial charge in [-0.15, -0.1) is 10.2 Å². The molecular formula is C16H13Cl2N3O2S. The molecule has 0 radical (unpaired) electrons. The first kappa shape index (κ1) is 17.1. The molecule has 0 amide bonds. The smallest absolute Gasteiger partial charge is 0.200 e. The van der Waals surface area contributed by atoms with E-state index in [1.807, 2.05) is 17.6 Å². The SMILES string of the molecule is CCn1c(SCC(=O)c2ccc(Cl)c(Cl)c2)nnc1-c1ccco1. The fourth-order valence-electron chi connectivity index (χ4n) is 2.15. The summed E-state index contributed by atoms with van der Waals surface area (Å²) in [5.41, 5.74) is 0.519. The maximum Gasteiger partial charge on any atom is 0.200 e. The number of ketones is 1. The number of aromatic nitrogens is 3. The van der Waals surface area contributed by atoms with Crippen molar-refractivity contribution in [3.05, 3.63) is 52.2 Å². The van der Waals surface area contributed by atoms with E-state index in [-0.39, 0.29) is 11.5 Å². The van der Waals surface area contributed by atoms with Gasteiger partial charge in [-0.25, -0.2) is 0 Å². The first-order valence-corrected chi connectivity index (χ1v) is 8.92. The molecule has 0 spiro atoms. The summed E-state index contributed by atoms with van der Waals surface area (Å²) in [4.78, 5) is 12.3. The number of benzene rings is 1. The molecule has 0 aliphatic heterocycles. The Labute approximate surface area is 153 Å². The zero-order valence-corrected chi connectivity index (χ0v) is 15.0. The van der Waals surface area contributed by atoms with Crippen LogP contribution < -0.4 is 0 Å².